The second-order valence-electron chi connectivity index (χ2n) is 5.35. The van der Waals surface area contributed by atoms with E-state index in [0.29, 0.717) is 11.6 Å². The van der Waals surface area contributed by atoms with E-state index in [2.05, 4.69) is 10.3 Å². The minimum atomic E-state index is -0.0253. The van der Waals surface area contributed by atoms with E-state index in [0.717, 1.165) is 24.2 Å². The van der Waals surface area contributed by atoms with Crippen LogP contribution in [0.5, 0.6) is 0 Å². The third-order valence-electron chi connectivity index (χ3n) is 3.41. The number of carbonyl (C=O) groups is 1. The molecule has 0 aliphatic rings. The molecule has 0 radical (unpaired) electrons. The second kappa shape index (κ2) is 7.92. The molecule has 0 saturated carbocycles. The van der Waals surface area contributed by atoms with Crippen LogP contribution in [0.3, 0.4) is 0 Å². The van der Waals surface area contributed by atoms with Crippen molar-refractivity contribution in [3.63, 3.8) is 0 Å². The fourth-order valence-electron chi connectivity index (χ4n) is 2.15. The third kappa shape index (κ3) is 5.13. The van der Waals surface area contributed by atoms with Crippen LogP contribution < -0.4 is 5.32 Å². The molecule has 2 aromatic rings. The predicted octanol–water partition coefficient (Wildman–Crippen LogP) is 3.16. The molecule has 0 bridgehead atoms. The van der Waals surface area contributed by atoms with Gasteiger partial charge in [-0.15, -0.1) is 0 Å². The molecule has 0 spiro atoms. The molecule has 4 nitrogen and oxygen atoms in total. The van der Waals surface area contributed by atoms with Crippen molar-refractivity contribution in [3.05, 3.63) is 58.9 Å². The first-order chi connectivity index (χ1) is 10.5. The van der Waals surface area contributed by atoms with Gasteiger partial charge in [-0.2, -0.15) is 0 Å². The summed E-state index contributed by atoms with van der Waals surface area (Å²) in [4.78, 5) is 18.1. The Labute approximate surface area is 136 Å². The van der Waals surface area contributed by atoms with Crippen molar-refractivity contribution in [2.75, 3.05) is 25.5 Å². The summed E-state index contributed by atoms with van der Waals surface area (Å²) in [5.41, 5.74) is 2.98. The molecule has 1 aromatic heterocycles. The van der Waals surface area contributed by atoms with Gasteiger partial charge in [0.2, 0.25) is 5.91 Å². The number of nitrogens with one attached hydrogen (secondary N) is 1. The Hall–Kier alpha value is -1.91. The van der Waals surface area contributed by atoms with Crippen LogP contribution in [0.25, 0.3) is 0 Å². The van der Waals surface area contributed by atoms with E-state index in [9.17, 15) is 4.79 Å². The van der Waals surface area contributed by atoms with Crippen molar-refractivity contribution in [1.82, 2.24) is 9.88 Å². The molecular weight excluding hydrogens is 298 g/mol. The van der Waals surface area contributed by atoms with Crippen LogP contribution in [0, 0.1) is 6.92 Å². The zero-order valence-electron chi connectivity index (χ0n) is 12.8. The van der Waals surface area contributed by atoms with Gasteiger partial charge in [0.15, 0.2) is 0 Å². The van der Waals surface area contributed by atoms with E-state index in [-0.39, 0.29) is 5.91 Å². The highest BCUT2D eigenvalue weighted by Crippen LogP contribution is 2.19. The summed E-state index contributed by atoms with van der Waals surface area (Å²) in [7, 11) is 1.94. The minimum Gasteiger partial charge on any atom is -0.325 e. The fourth-order valence-corrected chi connectivity index (χ4v) is 2.38. The summed E-state index contributed by atoms with van der Waals surface area (Å²) in [6.45, 7) is 3.10. The molecule has 5 heteroatoms. The van der Waals surface area contributed by atoms with E-state index in [1.165, 1.54) is 5.56 Å². The lowest BCUT2D eigenvalue weighted by atomic mass is 10.2. The first-order valence-electron chi connectivity index (χ1n) is 7.18. The Morgan fingerprint density at radius 1 is 1.27 bits per heavy atom. The van der Waals surface area contributed by atoms with Crippen molar-refractivity contribution in [1.29, 1.82) is 0 Å². The van der Waals surface area contributed by atoms with Gasteiger partial charge in [-0.3, -0.25) is 14.7 Å². The van der Waals surface area contributed by atoms with Gasteiger partial charge in [-0.25, -0.2) is 0 Å². The number of anilines is 1. The average Bonchev–Trinajstić information content (AvgIpc) is 2.49. The number of hydrogen-bond acceptors (Lipinski definition) is 3. The van der Waals surface area contributed by atoms with Gasteiger partial charge in [0.25, 0.3) is 0 Å². The molecule has 1 amide bonds. The molecular formula is C17H20ClN3O. The number of aromatic nitrogens is 1. The van der Waals surface area contributed by atoms with Gasteiger partial charge in [0, 0.05) is 29.6 Å². The Kier molecular flexibility index (Phi) is 5.92. The quantitative estimate of drug-likeness (QED) is 0.890. The standard InChI is InChI=1S/C17H20ClN3O/c1-13-11-15(18)3-4-16(13)20-17(22)12-21(2)10-7-14-5-8-19-9-6-14/h3-6,8-9,11H,7,10,12H2,1-2H3,(H,20,22). The Bertz CT molecular complexity index is 631. The van der Waals surface area contributed by atoms with E-state index in [1.807, 2.05) is 43.1 Å². The van der Waals surface area contributed by atoms with E-state index in [1.54, 1.807) is 18.5 Å². The predicted molar refractivity (Wildman–Crippen MR) is 90.3 cm³/mol. The lowest BCUT2D eigenvalue weighted by Crippen LogP contribution is -2.31. The highest BCUT2D eigenvalue weighted by atomic mass is 35.5. The minimum absolute atomic E-state index is 0.0253. The number of nitrogens with zero attached hydrogens (tertiary/aromatic N) is 2. The first kappa shape index (κ1) is 16.5. The van der Waals surface area contributed by atoms with Crippen LogP contribution in [0.4, 0.5) is 5.69 Å². The number of aryl methyl sites for hydroxylation is 1. The summed E-state index contributed by atoms with van der Waals surface area (Å²) in [5, 5.41) is 3.59. The van der Waals surface area contributed by atoms with Crippen molar-refractivity contribution < 1.29 is 4.79 Å². The molecule has 0 aliphatic heterocycles. The lowest BCUT2D eigenvalue weighted by molar-refractivity contribution is -0.117. The van der Waals surface area contributed by atoms with Gasteiger partial charge < -0.3 is 5.32 Å². The zero-order valence-corrected chi connectivity index (χ0v) is 13.6. The molecule has 0 saturated heterocycles. The number of rotatable bonds is 6. The Morgan fingerprint density at radius 3 is 2.68 bits per heavy atom. The number of likely N-dealkylation sites (N-methyl/N-ethyl adjacent to an activating group) is 1. The van der Waals surface area contributed by atoms with Crippen LogP contribution in [0.1, 0.15) is 11.1 Å². The smallest absolute Gasteiger partial charge is 0.238 e. The summed E-state index contributed by atoms with van der Waals surface area (Å²) in [6, 6.07) is 9.42. The number of carbonyl (C=O) groups excluding carboxylic acids is 1. The first-order valence-corrected chi connectivity index (χ1v) is 7.56. The largest absolute Gasteiger partial charge is 0.325 e. The monoisotopic (exact) mass is 317 g/mol. The fraction of sp³-hybridized carbons (Fsp3) is 0.294. The van der Waals surface area contributed by atoms with Gasteiger partial charge in [0.1, 0.15) is 0 Å². The maximum absolute atomic E-state index is 12.1. The maximum Gasteiger partial charge on any atom is 0.238 e. The van der Waals surface area contributed by atoms with Crippen molar-refractivity contribution in [3.8, 4) is 0 Å². The van der Waals surface area contributed by atoms with Crippen LogP contribution in [-0.4, -0.2) is 35.9 Å². The van der Waals surface area contributed by atoms with Crippen LogP contribution >= 0.6 is 11.6 Å². The van der Waals surface area contributed by atoms with Gasteiger partial charge in [-0.1, -0.05) is 11.6 Å². The maximum atomic E-state index is 12.1. The highest BCUT2D eigenvalue weighted by Gasteiger charge is 2.08. The van der Waals surface area contributed by atoms with Crippen molar-refractivity contribution in [2.45, 2.75) is 13.3 Å². The molecule has 0 atom stereocenters. The number of benzene rings is 1. The van der Waals surface area contributed by atoms with E-state index < -0.39 is 0 Å². The van der Waals surface area contributed by atoms with Crippen molar-refractivity contribution in [2.24, 2.45) is 0 Å². The third-order valence-corrected chi connectivity index (χ3v) is 3.64. The average molecular weight is 318 g/mol. The number of halogens is 1. The molecule has 0 unspecified atom stereocenters. The summed E-state index contributed by atoms with van der Waals surface area (Å²) in [6.07, 6.45) is 4.46. The van der Waals surface area contributed by atoms with Crippen LogP contribution in [0.2, 0.25) is 5.02 Å². The number of amides is 1. The topological polar surface area (TPSA) is 45.2 Å². The SMILES string of the molecule is Cc1cc(Cl)ccc1NC(=O)CN(C)CCc1ccncc1. The zero-order chi connectivity index (χ0) is 15.9. The summed E-state index contributed by atoms with van der Waals surface area (Å²) in [5.74, 6) is -0.0253. The number of pyridine rings is 1. The molecule has 1 aromatic carbocycles. The molecule has 22 heavy (non-hydrogen) atoms. The Balaban J connectivity index is 1.81. The van der Waals surface area contributed by atoms with Gasteiger partial charge >= 0.3 is 0 Å². The highest BCUT2D eigenvalue weighted by molar-refractivity contribution is 6.30. The molecule has 2 rings (SSSR count). The molecule has 0 aliphatic carbocycles. The van der Waals surface area contributed by atoms with Crippen molar-refractivity contribution >= 4 is 23.2 Å². The molecule has 1 heterocycles. The number of hydrogen-bond donors (Lipinski definition) is 1. The Morgan fingerprint density at radius 2 is 2.00 bits per heavy atom. The summed E-state index contributed by atoms with van der Waals surface area (Å²) < 4.78 is 0. The van der Waals surface area contributed by atoms with Gasteiger partial charge in [0.05, 0.1) is 6.54 Å². The lowest BCUT2D eigenvalue weighted by Gasteiger charge is -2.17. The van der Waals surface area contributed by atoms with Crippen LogP contribution in [0.15, 0.2) is 42.7 Å². The van der Waals surface area contributed by atoms with E-state index in [4.69, 9.17) is 11.6 Å². The van der Waals surface area contributed by atoms with Gasteiger partial charge in [-0.05, 0) is 61.9 Å². The normalized spacial score (nSPS) is 10.7. The molecule has 1 N–H and O–H groups in total. The van der Waals surface area contributed by atoms with E-state index >= 15 is 0 Å². The summed E-state index contributed by atoms with van der Waals surface area (Å²) >= 11 is 5.91. The second-order valence-corrected chi connectivity index (χ2v) is 5.79. The molecule has 116 valence electrons. The van der Waals surface area contributed by atoms with Crippen LogP contribution in [-0.2, 0) is 11.2 Å². The molecule has 0 fully saturated rings.